The molecule has 0 fully saturated rings. The van der Waals surface area contributed by atoms with Gasteiger partial charge in [0.25, 0.3) is 0 Å². The van der Waals surface area contributed by atoms with E-state index in [-0.39, 0.29) is 24.2 Å². The fourth-order valence-electron chi connectivity index (χ4n) is 2.08. The highest BCUT2D eigenvalue weighted by atomic mass is 32.2. The average Bonchev–Trinajstić information content (AvgIpc) is 2.39. The largest absolute Gasteiger partial charge is 0.492 e. The van der Waals surface area contributed by atoms with Gasteiger partial charge in [0.1, 0.15) is 12.4 Å². The van der Waals surface area contributed by atoms with Crippen molar-refractivity contribution < 1.29 is 13.2 Å². The minimum absolute atomic E-state index is 0.0742. The highest BCUT2D eigenvalue weighted by molar-refractivity contribution is 7.91. The Morgan fingerprint density at radius 1 is 1.20 bits per heavy atom. The second kappa shape index (κ2) is 8.27. The monoisotopic (exact) mass is 299 g/mol. The van der Waals surface area contributed by atoms with Crippen molar-refractivity contribution in [2.45, 2.75) is 33.2 Å². The first kappa shape index (κ1) is 17.0. The van der Waals surface area contributed by atoms with Crippen molar-refractivity contribution in [3.63, 3.8) is 0 Å². The number of para-hydroxylation sites is 1. The number of rotatable bonds is 9. The van der Waals surface area contributed by atoms with Crippen LogP contribution in [0, 0.1) is 0 Å². The highest BCUT2D eigenvalue weighted by Crippen LogP contribution is 2.24. The van der Waals surface area contributed by atoms with Crippen molar-refractivity contribution in [2.75, 3.05) is 24.7 Å². The Labute approximate surface area is 122 Å². The Kier molecular flexibility index (Phi) is 7.02. The molecule has 1 atom stereocenters. The summed E-state index contributed by atoms with van der Waals surface area (Å²) < 4.78 is 29.0. The van der Waals surface area contributed by atoms with Gasteiger partial charge in [-0.2, -0.15) is 0 Å². The van der Waals surface area contributed by atoms with E-state index < -0.39 is 9.84 Å². The molecular formula is C15H25NO3S. The third-order valence-corrected chi connectivity index (χ3v) is 4.88. The molecule has 1 rings (SSSR count). The Balaban J connectivity index is 2.64. The fourth-order valence-corrected chi connectivity index (χ4v) is 3.24. The predicted octanol–water partition coefficient (Wildman–Crippen LogP) is 2.56. The van der Waals surface area contributed by atoms with E-state index >= 15 is 0 Å². The predicted molar refractivity (Wildman–Crippen MR) is 83.0 cm³/mol. The minimum atomic E-state index is -2.99. The lowest BCUT2D eigenvalue weighted by molar-refractivity contribution is 0.333. The second-order valence-electron chi connectivity index (χ2n) is 4.82. The third kappa shape index (κ3) is 5.51. The molecule has 0 saturated heterocycles. The van der Waals surface area contributed by atoms with Gasteiger partial charge in [0, 0.05) is 11.6 Å². The molecular weight excluding hydrogens is 274 g/mol. The molecule has 5 heteroatoms. The molecule has 0 radical (unpaired) electrons. The first-order valence-electron chi connectivity index (χ1n) is 7.15. The van der Waals surface area contributed by atoms with Crippen LogP contribution in [0.5, 0.6) is 5.75 Å². The fraction of sp³-hybridized carbons (Fsp3) is 0.600. The number of benzene rings is 1. The van der Waals surface area contributed by atoms with E-state index in [4.69, 9.17) is 4.74 Å². The van der Waals surface area contributed by atoms with Crippen LogP contribution in [0.3, 0.4) is 0 Å². The van der Waals surface area contributed by atoms with E-state index in [0.717, 1.165) is 17.9 Å². The lowest BCUT2D eigenvalue weighted by atomic mass is 10.1. The molecule has 20 heavy (non-hydrogen) atoms. The molecule has 0 amide bonds. The highest BCUT2D eigenvalue weighted by Gasteiger charge is 2.12. The maximum atomic E-state index is 11.6. The van der Waals surface area contributed by atoms with Gasteiger partial charge in [0.2, 0.25) is 0 Å². The summed E-state index contributed by atoms with van der Waals surface area (Å²) >= 11 is 0. The molecule has 1 N–H and O–H groups in total. The van der Waals surface area contributed by atoms with Crippen LogP contribution in [0.2, 0.25) is 0 Å². The third-order valence-electron chi connectivity index (χ3n) is 3.06. The van der Waals surface area contributed by atoms with Gasteiger partial charge in [-0.3, -0.25) is 0 Å². The van der Waals surface area contributed by atoms with E-state index in [2.05, 4.69) is 19.2 Å². The topological polar surface area (TPSA) is 55.4 Å². The van der Waals surface area contributed by atoms with E-state index in [1.165, 1.54) is 0 Å². The molecule has 0 spiro atoms. The molecule has 4 nitrogen and oxygen atoms in total. The zero-order valence-corrected chi connectivity index (χ0v) is 13.4. The summed E-state index contributed by atoms with van der Waals surface area (Å²) in [4.78, 5) is 0. The van der Waals surface area contributed by atoms with Crippen molar-refractivity contribution in [1.82, 2.24) is 5.32 Å². The lowest BCUT2D eigenvalue weighted by Gasteiger charge is -2.17. The Hall–Kier alpha value is -1.07. The molecule has 0 aromatic heterocycles. The van der Waals surface area contributed by atoms with Gasteiger partial charge in [-0.15, -0.1) is 0 Å². The number of hydrogen-bond acceptors (Lipinski definition) is 4. The Morgan fingerprint density at radius 3 is 2.55 bits per heavy atom. The maximum Gasteiger partial charge on any atom is 0.153 e. The quantitative estimate of drug-likeness (QED) is 0.761. The first-order chi connectivity index (χ1) is 9.50. The first-order valence-corrected chi connectivity index (χ1v) is 8.97. The SMILES string of the molecule is CCCS(=O)(=O)CCOc1ccccc1C(C)NCC. The summed E-state index contributed by atoms with van der Waals surface area (Å²) in [6, 6.07) is 7.93. The lowest BCUT2D eigenvalue weighted by Crippen LogP contribution is -2.20. The normalized spacial score (nSPS) is 13.2. The molecule has 0 aliphatic heterocycles. The van der Waals surface area contributed by atoms with Crippen molar-refractivity contribution in [3.8, 4) is 5.75 Å². The van der Waals surface area contributed by atoms with Gasteiger partial charge in [0.15, 0.2) is 9.84 Å². The molecule has 1 unspecified atom stereocenters. The zero-order valence-electron chi connectivity index (χ0n) is 12.6. The van der Waals surface area contributed by atoms with Crippen LogP contribution >= 0.6 is 0 Å². The summed E-state index contributed by atoms with van der Waals surface area (Å²) in [6.45, 7) is 7.07. The minimum Gasteiger partial charge on any atom is -0.492 e. The van der Waals surface area contributed by atoms with Gasteiger partial charge in [-0.25, -0.2) is 8.42 Å². The van der Waals surface area contributed by atoms with Crippen LogP contribution in [0.25, 0.3) is 0 Å². The Bertz CT molecular complexity index is 500. The molecule has 1 aromatic carbocycles. The average molecular weight is 299 g/mol. The Morgan fingerprint density at radius 2 is 1.90 bits per heavy atom. The summed E-state index contributed by atoms with van der Waals surface area (Å²) in [5.74, 6) is 1.06. The number of sulfone groups is 1. The van der Waals surface area contributed by atoms with Crippen molar-refractivity contribution in [2.24, 2.45) is 0 Å². The molecule has 114 valence electrons. The van der Waals surface area contributed by atoms with Crippen molar-refractivity contribution in [1.29, 1.82) is 0 Å². The van der Waals surface area contributed by atoms with Gasteiger partial charge >= 0.3 is 0 Å². The summed E-state index contributed by atoms with van der Waals surface area (Å²) in [5, 5.41) is 3.33. The second-order valence-corrected chi connectivity index (χ2v) is 7.12. The zero-order chi connectivity index (χ0) is 15.0. The van der Waals surface area contributed by atoms with Gasteiger partial charge in [-0.1, -0.05) is 32.0 Å². The van der Waals surface area contributed by atoms with Crippen LogP contribution in [-0.2, 0) is 9.84 Å². The van der Waals surface area contributed by atoms with Crippen LogP contribution in [0.1, 0.15) is 38.8 Å². The van der Waals surface area contributed by atoms with E-state index in [0.29, 0.717) is 6.42 Å². The van der Waals surface area contributed by atoms with Crippen molar-refractivity contribution in [3.05, 3.63) is 29.8 Å². The van der Waals surface area contributed by atoms with Crippen LogP contribution < -0.4 is 10.1 Å². The summed E-state index contributed by atoms with van der Waals surface area (Å²) in [5.41, 5.74) is 1.06. The van der Waals surface area contributed by atoms with Gasteiger partial charge in [0.05, 0.1) is 11.5 Å². The standard InChI is InChI=1S/C15H25NO3S/c1-4-11-20(17,18)12-10-19-15-9-7-6-8-14(15)13(3)16-5-2/h6-9,13,16H,4-5,10-12H2,1-3H3. The summed E-state index contributed by atoms with van der Waals surface area (Å²) in [7, 11) is -2.99. The van der Waals surface area contributed by atoms with Crippen LogP contribution in [0.4, 0.5) is 0 Å². The molecule has 1 aromatic rings. The van der Waals surface area contributed by atoms with Gasteiger partial charge < -0.3 is 10.1 Å². The molecule has 0 aliphatic rings. The maximum absolute atomic E-state index is 11.6. The molecule has 0 saturated carbocycles. The summed E-state index contributed by atoms with van der Waals surface area (Å²) in [6.07, 6.45) is 0.649. The molecule has 0 aliphatic carbocycles. The number of nitrogens with one attached hydrogen (secondary N) is 1. The van der Waals surface area contributed by atoms with Crippen LogP contribution in [-0.4, -0.2) is 33.1 Å². The van der Waals surface area contributed by atoms with E-state index in [1.54, 1.807) is 0 Å². The number of ether oxygens (including phenoxy) is 1. The molecule has 0 bridgehead atoms. The smallest absolute Gasteiger partial charge is 0.153 e. The van der Waals surface area contributed by atoms with Gasteiger partial charge in [-0.05, 0) is 26.0 Å². The van der Waals surface area contributed by atoms with E-state index in [9.17, 15) is 8.42 Å². The number of hydrogen-bond donors (Lipinski definition) is 1. The van der Waals surface area contributed by atoms with Crippen molar-refractivity contribution >= 4 is 9.84 Å². The molecule has 0 heterocycles. The van der Waals surface area contributed by atoms with Crippen LogP contribution in [0.15, 0.2) is 24.3 Å². The van der Waals surface area contributed by atoms with E-state index in [1.807, 2.05) is 31.2 Å².